The van der Waals surface area contributed by atoms with Crippen molar-refractivity contribution in [2.45, 2.75) is 38.4 Å². The Hall–Kier alpha value is -3.27. The first kappa shape index (κ1) is 20.0. The van der Waals surface area contributed by atoms with Crippen LogP contribution in [0.25, 0.3) is 0 Å². The second-order valence-electron chi connectivity index (χ2n) is 7.68. The minimum absolute atomic E-state index is 0.0317. The zero-order valence-corrected chi connectivity index (χ0v) is 17.6. The molecule has 0 saturated carbocycles. The summed E-state index contributed by atoms with van der Waals surface area (Å²) in [6, 6.07) is 28.5. The first-order valence-corrected chi connectivity index (χ1v) is 10.6. The molecule has 1 saturated heterocycles. The molecular formula is C26H28N2O2. The molecule has 154 valence electrons. The average molecular weight is 401 g/mol. The van der Waals surface area contributed by atoms with E-state index in [4.69, 9.17) is 4.74 Å². The second-order valence-corrected chi connectivity index (χ2v) is 7.68. The van der Waals surface area contributed by atoms with Crippen molar-refractivity contribution in [1.29, 1.82) is 0 Å². The maximum atomic E-state index is 13.8. The van der Waals surface area contributed by atoms with E-state index in [9.17, 15) is 4.79 Å². The zero-order valence-electron chi connectivity index (χ0n) is 17.6. The van der Waals surface area contributed by atoms with Gasteiger partial charge in [-0.1, -0.05) is 74.0 Å². The van der Waals surface area contributed by atoms with E-state index in [0.717, 1.165) is 35.4 Å². The molecule has 0 spiro atoms. The van der Waals surface area contributed by atoms with Crippen LogP contribution in [0.3, 0.4) is 0 Å². The Morgan fingerprint density at radius 2 is 1.50 bits per heavy atom. The molecule has 1 heterocycles. The molecule has 2 atom stereocenters. The number of hydrogen-bond acceptors (Lipinski definition) is 2. The number of methoxy groups -OCH3 is 1. The van der Waals surface area contributed by atoms with Crippen LogP contribution in [0.15, 0.2) is 84.9 Å². The van der Waals surface area contributed by atoms with E-state index in [1.165, 1.54) is 0 Å². The van der Waals surface area contributed by atoms with E-state index in [1.807, 2.05) is 58.3 Å². The third-order valence-electron chi connectivity index (χ3n) is 5.77. The first-order valence-electron chi connectivity index (χ1n) is 10.6. The molecule has 4 nitrogen and oxygen atoms in total. The molecule has 4 heteroatoms. The minimum atomic E-state index is -0.0317. The monoisotopic (exact) mass is 400 g/mol. The molecule has 3 aromatic rings. The molecule has 1 aliphatic rings. The van der Waals surface area contributed by atoms with Gasteiger partial charge in [0.05, 0.1) is 19.2 Å². The van der Waals surface area contributed by atoms with Crippen LogP contribution in [0.5, 0.6) is 5.75 Å². The standard InChI is InChI=1S/C26H28N2O2/c1-3-10-24-25(21-13-8-5-9-14-21)28(22-15-17-23(30-2)18-16-22)26(29)27(24)19-20-11-6-4-7-12-20/h4-9,11-18,24-25H,3,10,19H2,1-2H3. The number of carbonyl (C=O) groups excluding carboxylic acids is 1. The number of hydrogen-bond donors (Lipinski definition) is 0. The SMILES string of the molecule is CCCC1C(c2ccccc2)N(c2ccc(OC)cc2)C(=O)N1Cc1ccccc1. The number of nitrogens with zero attached hydrogens (tertiary/aromatic N) is 2. The van der Waals surface area contributed by atoms with Crippen LogP contribution < -0.4 is 9.64 Å². The van der Waals surface area contributed by atoms with Crippen LogP contribution in [0.1, 0.15) is 36.9 Å². The summed E-state index contributed by atoms with van der Waals surface area (Å²) in [5, 5.41) is 0. The van der Waals surface area contributed by atoms with Crippen LogP contribution >= 0.6 is 0 Å². The van der Waals surface area contributed by atoms with Crippen LogP contribution in [0.2, 0.25) is 0 Å². The molecule has 0 aromatic heterocycles. The quantitative estimate of drug-likeness (QED) is 0.484. The number of ether oxygens (including phenoxy) is 1. The summed E-state index contributed by atoms with van der Waals surface area (Å²) < 4.78 is 5.32. The van der Waals surface area contributed by atoms with Crippen LogP contribution in [0.4, 0.5) is 10.5 Å². The molecule has 1 aliphatic heterocycles. The molecule has 4 rings (SSSR count). The average Bonchev–Trinajstić information content (AvgIpc) is 3.07. The molecule has 0 N–H and O–H groups in total. The van der Waals surface area contributed by atoms with Gasteiger partial charge in [0, 0.05) is 12.2 Å². The number of rotatable bonds is 7. The third kappa shape index (κ3) is 3.90. The van der Waals surface area contributed by atoms with Crippen molar-refractivity contribution in [3.05, 3.63) is 96.1 Å². The molecule has 0 bridgehead atoms. The normalized spacial score (nSPS) is 18.7. The molecule has 2 unspecified atom stereocenters. The van der Waals surface area contributed by atoms with Gasteiger partial charge in [0.1, 0.15) is 5.75 Å². The predicted molar refractivity (Wildman–Crippen MR) is 121 cm³/mol. The lowest BCUT2D eigenvalue weighted by Crippen LogP contribution is -2.34. The number of anilines is 1. The maximum Gasteiger partial charge on any atom is 0.325 e. The van der Waals surface area contributed by atoms with Crippen LogP contribution in [0, 0.1) is 0 Å². The Kier molecular flexibility index (Phi) is 6.03. The summed E-state index contributed by atoms with van der Waals surface area (Å²) in [7, 11) is 1.65. The Bertz CT molecular complexity index is 957. The van der Waals surface area contributed by atoms with Crippen molar-refractivity contribution in [2.75, 3.05) is 12.0 Å². The van der Waals surface area contributed by atoms with E-state index in [2.05, 4.69) is 43.3 Å². The number of carbonyl (C=O) groups is 1. The summed E-state index contributed by atoms with van der Waals surface area (Å²) in [6.45, 7) is 2.80. The molecule has 2 amide bonds. The van der Waals surface area contributed by atoms with Crippen molar-refractivity contribution < 1.29 is 9.53 Å². The summed E-state index contributed by atoms with van der Waals surface area (Å²) in [6.07, 6.45) is 1.97. The van der Waals surface area contributed by atoms with E-state index in [1.54, 1.807) is 7.11 Å². The molecule has 0 aliphatic carbocycles. The van der Waals surface area contributed by atoms with Crippen molar-refractivity contribution in [2.24, 2.45) is 0 Å². The van der Waals surface area contributed by atoms with Gasteiger partial charge >= 0.3 is 6.03 Å². The fourth-order valence-electron chi connectivity index (χ4n) is 4.35. The Morgan fingerprint density at radius 1 is 0.867 bits per heavy atom. The Labute approximate surface area is 178 Å². The summed E-state index contributed by atoms with van der Waals surface area (Å²) in [5.41, 5.74) is 3.21. The first-order chi connectivity index (χ1) is 14.7. The summed E-state index contributed by atoms with van der Waals surface area (Å²) in [5.74, 6) is 0.785. The van der Waals surface area contributed by atoms with Gasteiger partial charge in [-0.05, 0) is 41.8 Å². The van der Waals surface area contributed by atoms with Gasteiger partial charge in [-0.15, -0.1) is 0 Å². The number of amides is 2. The van der Waals surface area contributed by atoms with Crippen molar-refractivity contribution in [3.63, 3.8) is 0 Å². The lowest BCUT2D eigenvalue weighted by Gasteiger charge is -2.28. The smallest absolute Gasteiger partial charge is 0.325 e. The van der Waals surface area contributed by atoms with Gasteiger partial charge in [-0.3, -0.25) is 4.90 Å². The van der Waals surface area contributed by atoms with E-state index in [-0.39, 0.29) is 18.1 Å². The van der Waals surface area contributed by atoms with Gasteiger partial charge in [0.2, 0.25) is 0 Å². The fraction of sp³-hybridized carbons (Fsp3) is 0.269. The van der Waals surface area contributed by atoms with Crippen LogP contribution in [-0.2, 0) is 6.54 Å². The summed E-state index contributed by atoms with van der Waals surface area (Å²) >= 11 is 0. The molecular weight excluding hydrogens is 372 g/mol. The van der Waals surface area contributed by atoms with Crippen molar-refractivity contribution in [1.82, 2.24) is 4.90 Å². The van der Waals surface area contributed by atoms with E-state index in [0.29, 0.717) is 6.54 Å². The minimum Gasteiger partial charge on any atom is -0.497 e. The van der Waals surface area contributed by atoms with Gasteiger partial charge < -0.3 is 9.64 Å². The molecule has 1 fully saturated rings. The fourth-order valence-corrected chi connectivity index (χ4v) is 4.35. The third-order valence-corrected chi connectivity index (χ3v) is 5.77. The lowest BCUT2D eigenvalue weighted by molar-refractivity contribution is 0.195. The molecule has 30 heavy (non-hydrogen) atoms. The highest BCUT2D eigenvalue weighted by atomic mass is 16.5. The van der Waals surface area contributed by atoms with Crippen molar-refractivity contribution in [3.8, 4) is 5.75 Å². The highest BCUT2D eigenvalue weighted by Crippen LogP contribution is 2.41. The topological polar surface area (TPSA) is 32.8 Å². The number of benzene rings is 3. The van der Waals surface area contributed by atoms with Crippen LogP contribution in [-0.4, -0.2) is 24.1 Å². The largest absolute Gasteiger partial charge is 0.497 e. The van der Waals surface area contributed by atoms with E-state index >= 15 is 0 Å². The zero-order chi connectivity index (χ0) is 20.9. The van der Waals surface area contributed by atoms with Gasteiger partial charge in [-0.2, -0.15) is 0 Å². The maximum absolute atomic E-state index is 13.8. The number of urea groups is 1. The van der Waals surface area contributed by atoms with Gasteiger partial charge in [0.15, 0.2) is 0 Å². The lowest BCUT2D eigenvalue weighted by atomic mass is 9.95. The molecule has 3 aromatic carbocycles. The predicted octanol–water partition coefficient (Wildman–Crippen LogP) is 6.05. The van der Waals surface area contributed by atoms with Gasteiger partial charge in [0.25, 0.3) is 0 Å². The molecule has 0 radical (unpaired) electrons. The van der Waals surface area contributed by atoms with Gasteiger partial charge in [-0.25, -0.2) is 4.79 Å². The highest BCUT2D eigenvalue weighted by Gasteiger charge is 2.46. The Balaban J connectivity index is 1.77. The Morgan fingerprint density at radius 3 is 2.10 bits per heavy atom. The van der Waals surface area contributed by atoms with Crippen molar-refractivity contribution >= 4 is 11.7 Å². The highest BCUT2D eigenvalue weighted by molar-refractivity contribution is 5.96. The second kappa shape index (κ2) is 9.04. The van der Waals surface area contributed by atoms with E-state index < -0.39 is 0 Å². The summed E-state index contributed by atoms with van der Waals surface area (Å²) in [4.78, 5) is 17.8.